The summed E-state index contributed by atoms with van der Waals surface area (Å²) in [5.74, 6) is 0. The van der Waals surface area contributed by atoms with E-state index in [1.165, 1.54) is 0 Å². The Morgan fingerprint density at radius 1 is 1.64 bits per heavy atom. The van der Waals surface area contributed by atoms with E-state index in [-0.39, 0.29) is 0 Å². The van der Waals surface area contributed by atoms with Gasteiger partial charge in [-0.05, 0) is 0 Å². The van der Waals surface area contributed by atoms with Gasteiger partial charge in [-0.3, -0.25) is 9.11 Å². The summed E-state index contributed by atoms with van der Waals surface area (Å²) in [6.07, 6.45) is 6.91. The first-order valence-corrected chi connectivity index (χ1v) is 3.63. The molecule has 0 saturated heterocycles. The van der Waals surface area contributed by atoms with Crippen LogP contribution in [0.15, 0.2) is 25.3 Å². The van der Waals surface area contributed by atoms with Crippen LogP contribution >= 0.6 is 0 Å². The molecule has 11 heavy (non-hydrogen) atoms. The van der Waals surface area contributed by atoms with Crippen LogP contribution in [-0.2, 0) is 11.4 Å². The van der Waals surface area contributed by atoms with E-state index in [4.69, 9.17) is 13.3 Å². The van der Waals surface area contributed by atoms with Crippen LogP contribution in [0.3, 0.4) is 0 Å². The van der Waals surface area contributed by atoms with Crippen LogP contribution < -0.4 is 0 Å². The fourth-order valence-electron chi connectivity index (χ4n) is 0.377. The van der Waals surface area contributed by atoms with E-state index in [0.29, 0.717) is 0 Å². The van der Waals surface area contributed by atoms with Gasteiger partial charge in [-0.15, -0.1) is 0 Å². The Bertz CT molecular complexity index is 218. The third kappa shape index (κ3) is 6.91. The molecule has 2 N–H and O–H groups in total. The Morgan fingerprint density at radius 2 is 2.18 bits per heavy atom. The third-order valence-corrected chi connectivity index (χ3v) is 0.736. The van der Waals surface area contributed by atoms with Gasteiger partial charge in [0.15, 0.2) is 0 Å². The maximum atomic E-state index is 8.67. The molecule has 0 bridgehead atoms. The molecule has 0 fully saturated rings. The van der Waals surface area contributed by atoms with Crippen molar-refractivity contribution in [2.75, 3.05) is 0 Å². The van der Waals surface area contributed by atoms with Crippen molar-refractivity contribution < 1.29 is 13.3 Å². The van der Waals surface area contributed by atoms with E-state index < -0.39 is 11.4 Å². The lowest BCUT2D eigenvalue weighted by atomic mass is 10.9. The molecule has 0 aliphatic heterocycles. The van der Waals surface area contributed by atoms with Crippen molar-refractivity contribution in [3.8, 4) is 0 Å². The van der Waals surface area contributed by atoms with Crippen LogP contribution in [0.2, 0.25) is 0 Å². The van der Waals surface area contributed by atoms with Gasteiger partial charge in [-0.2, -0.15) is 4.21 Å². The van der Waals surface area contributed by atoms with Crippen molar-refractivity contribution in [2.45, 2.75) is 0 Å². The van der Waals surface area contributed by atoms with E-state index in [1.807, 2.05) is 6.20 Å². The molecule has 1 rings (SSSR count). The van der Waals surface area contributed by atoms with Gasteiger partial charge in [0.2, 0.25) is 0 Å². The summed E-state index contributed by atoms with van der Waals surface area (Å²) in [6.45, 7) is 3.53. The Kier molecular flexibility index (Phi) is 5.26. The maximum absolute atomic E-state index is 8.67. The Balaban J connectivity index is 0.000000218. The zero-order chi connectivity index (χ0) is 8.69. The number of aromatic nitrogens is 2. The van der Waals surface area contributed by atoms with E-state index in [0.717, 1.165) is 0 Å². The Hall–Kier alpha value is -0.980. The molecule has 6 heteroatoms. The fourth-order valence-corrected chi connectivity index (χ4v) is 0.377. The molecular formula is C5H8N2O3S. The molecule has 0 aliphatic rings. The zero-order valence-corrected chi connectivity index (χ0v) is 6.44. The molecule has 62 valence electrons. The number of nitrogens with zero attached hydrogens (tertiary/aromatic N) is 2. The van der Waals surface area contributed by atoms with Gasteiger partial charge in [0.25, 0.3) is 11.4 Å². The fraction of sp³-hybridized carbons (Fsp3) is 0. The summed E-state index contributed by atoms with van der Waals surface area (Å²) in [5.41, 5.74) is 0. The van der Waals surface area contributed by atoms with Gasteiger partial charge in [0.05, 0.1) is 6.33 Å². The lowest BCUT2D eigenvalue weighted by Crippen LogP contribution is -1.74. The van der Waals surface area contributed by atoms with Gasteiger partial charge in [-0.25, -0.2) is 4.98 Å². The average molecular weight is 176 g/mol. The standard InChI is InChI=1S/C5H6N2.H2O3S/c1-2-7-4-3-6-5-7;1-4(2)3/h2-5H,1H2;(H2,1,2,3). The molecule has 5 nitrogen and oxygen atoms in total. The monoisotopic (exact) mass is 176 g/mol. The summed E-state index contributed by atoms with van der Waals surface area (Å²) in [5, 5.41) is 0. The van der Waals surface area contributed by atoms with Gasteiger partial charge < -0.3 is 4.57 Å². The van der Waals surface area contributed by atoms with Crippen LogP contribution in [0.25, 0.3) is 6.20 Å². The van der Waals surface area contributed by atoms with Crippen molar-refractivity contribution in [1.82, 2.24) is 9.55 Å². The molecule has 0 atom stereocenters. The molecule has 0 aliphatic carbocycles. The lowest BCUT2D eigenvalue weighted by Gasteiger charge is -1.80. The van der Waals surface area contributed by atoms with E-state index >= 15 is 0 Å². The largest absolute Gasteiger partial charge is 0.314 e. The van der Waals surface area contributed by atoms with Crippen molar-refractivity contribution >= 4 is 17.6 Å². The number of hydrogen-bond acceptors (Lipinski definition) is 2. The number of hydrogen-bond donors (Lipinski definition) is 2. The molecule has 1 aromatic rings. The minimum Gasteiger partial charge on any atom is -0.314 e. The quantitative estimate of drug-likeness (QED) is 0.616. The van der Waals surface area contributed by atoms with E-state index in [9.17, 15) is 0 Å². The van der Waals surface area contributed by atoms with Crippen LogP contribution in [0.5, 0.6) is 0 Å². The van der Waals surface area contributed by atoms with Crippen LogP contribution in [0.4, 0.5) is 0 Å². The lowest BCUT2D eigenvalue weighted by molar-refractivity contribution is 0.454. The first kappa shape index (κ1) is 10.0. The molecular weight excluding hydrogens is 168 g/mol. The highest BCUT2D eigenvalue weighted by molar-refractivity contribution is 7.73. The summed E-state index contributed by atoms with van der Waals surface area (Å²) in [4.78, 5) is 3.78. The summed E-state index contributed by atoms with van der Waals surface area (Å²) in [6, 6.07) is 0. The second-order valence-electron chi connectivity index (χ2n) is 1.42. The summed E-state index contributed by atoms with van der Waals surface area (Å²) in [7, 11) is 0. The molecule has 1 aromatic heterocycles. The minimum absolute atomic E-state index is 1.69. The molecule has 0 unspecified atom stereocenters. The highest BCUT2D eigenvalue weighted by atomic mass is 32.2. The Labute approximate surface area is 66.5 Å². The van der Waals surface area contributed by atoms with Crippen LogP contribution in [-0.4, -0.2) is 22.9 Å². The molecule has 0 aromatic carbocycles. The van der Waals surface area contributed by atoms with Crippen molar-refractivity contribution in [2.24, 2.45) is 0 Å². The molecule has 1 heterocycles. The normalized spacial score (nSPS) is 8.64. The SMILES string of the molecule is C=Cn1ccnc1.O=S(O)O. The number of rotatable bonds is 1. The van der Waals surface area contributed by atoms with Crippen molar-refractivity contribution in [3.05, 3.63) is 25.3 Å². The third-order valence-electron chi connectivity index (χ3n) is 0.736. The number of imidazole rings is 1. The molecule has 0 saturated carbocycles. The summed E-state index contributed by atoms with van der Waals surface area (Å²) < 4.78 is 24.6. The second-order valence-corrected chi connectivity index (χ2v) is 1.88. The maximum Gasteiger partial charge on any atom is 0.299 e. The van der Waals surface area contributed by atoms with Crippen LogP contribution in [0.1, 0.15) is 0 Å². The molecule has 0 amide bonds. The van der Waals surface area contributed by atoms with Crippen molar-refractivity contribution in [1.29, 1.82) is 0 Å². The van der Waals surface area contributed by atoms with E-state index in [2.05, 4.69) is 11.6 Å². The highest BCUT2D eigenvalue weighted by Gasteiger charge is 1.73. The van der Waals surface area contributed by atoms with Gasteiger partial charge in [0, 0.05) is 18.6 Å². The summed E-state index contributed by atoms with van der Waals surface area (Å²) >= 11 is -2.61. The smallest absolute Gasteiger partial charge is 0.299 e. The predicted octanol–water partition coefficient (Wildman–Crippen LogP) is 0.665. The second kappa shape index (κ2) is 5.78. The first-order valence-electron chi connectivity index (χ1n) is 2.56. The minimum atomic E-state index is -2.61. The van der Waals surface area contributed by atoms with Gasteiger partial charge >= 0.3 is 0 Å². The Morgan fingerprint density at radius 3 is 2.36 bits per heavy atom. The molecule has 0 spiro atoms. The molecule has 0 radical (unpaired) electrons. The van der Waals surface area contributed by atoms with Gasteiger partial charge in [-0.1, -0.05) is 6.58 Å². The highest BCUT2D eigenvalue weighted by Crippen LogP contribution is 1.81. The van der Waals surface area contributed by atoms with Gasteiger partial charge in [0.1, 0.15) is 0 Å². The topological polar surface area (TPSA) is 75.4 Å². The van der Waals surface area contributed by atoms with Crippen LogP contribution in [0, 0.1) is 0 Å². The van der Waals surface area contributed by atoms with E-state index in [1.54, 1.807) is 23.3 Å². The van der Waals surface area contributed by atoms with Crippen molar-refractivity contribution in [3.63, 3.8) is 0 Å². The average Bonchev–Trinajstić information content (AvgIpc) is 2.36. The first-order chi connectivity index (χ1) is 5.16. The predicted molar refractivity (Wildman–Crippen MR) is 42.0 cm³/mol. The zero-order valence-electron chi connectivity index (χ0n) is 5.62.